The highest BCUT2D eigenvalue weighted by Gasteiger charge is 2.42. The van der Waals surface area contributed by atoms with Gasteiger partial charge in [0.15, 0.2) is 0 Å². The van der Waals surface area contributed by atoms with Gasteiger partial charge in [0.05, 0.1) is 12.1 Å². The SMILES string of the molecule is CCCOCCCNC(=O)CCCC[C@@H]1SC[C@@H]2NC(=O)N[C@@H]21. The molecule has 2 fully saturated rings. The fraction of sp³-hybridized carbons (Fsp3) is 0.875. The van der Waals surface area contributed by atoms with Crippen LogP contribution in [0, 0.1) is 0 Å². The number of amides is 3. The summed E-state index contributed by atoms with van der Waals surface area (Å²) in [5.74, 6) is 1.13. The lowest BCUT2D eigenvalue weighted by molar-refractivity contribution is -0.121. The first kappa shape index (κ1) is 18.4. The summed E-state index contributed by atoms with van der Waals surface area (Å²) < 4.78 is 5.37. The molecule has 2 rings (SSSR count). The number of carbonyl (C=O) groups excluding carboxylic acids is 2. The first-order chi connectivity index (χ1) is 11.2. The summed E-state index contributed by atoms with van der Waals surface area (Å²) in [6.07, 6.45) is 5.50. The van der Waals surface area contributed by atoms with Crippen molar-refractivity contribution in [3.05, 3.63) is 0 Å². The molecule has 3 amide bonds. The van der Waals surface area contributed by atoms with Gasteiger partial charge in [0.2, 0.25) is 5.91 Å². The molecular formula is C16H29N3O3S. The van der Waals surface area contributed by atoms with E-state index in [9.17, 15) is 9.59 Å². The molecule has 0 spiro atoms. The average molecular weight is 343 g/mol. The number of carbonyl (C=O) groups is 2. The van der Waals surface area contributed by atoms with Gasteiger partial charge in [-0.2, -0.15) is 11.8 Å². The number of urea groups is 1. The number of nitrogens with one attached hydrogen (secondary N) is 3. The molecule has 7 heteroatoms. The predicted octanol–water partition coefficient (Wildman–Crippen LogP) is 1.65. The monoisotopic (exact) mass is 343 g/mol. The number of fused-ring (bicyclic) bond motifs is 1. The van der Waals surface area contributed by atoms with E-state index in [-0.39, 0.29) is 24.0 Å². The zero-order chi connectivity index (χ0) is 16.5. The van der Waals surface area contributed by atoms with E-state index in [1.54, 1.807) is 0 Å². The summed E-state index contributed by atoms with van der Waals surface area (Å²) in [5.41, 5.74) is 0. The summed E-state index contributed by atoms with van der Waals surface area (Å²) in [7, 11) is 0. The summed E-state index contributed by atoms with van der Waals surface area (Å²) in [5, 5.41) is 9.38. The quantitative estimate of drug-likeness (QED) is 0.394. The molecule has 6 nitrogen and oxygen atoms in total. The second-order valence-corrected chi connectivity index (χ2v) is 7.46. The minimum atomic E-state index is -0.0346. The molecule has 2 aliphatic heterocycles. The van der Waals surface area contributed by atoms with Gasteiger partial charge in [-0.1, -0.05) is 13.3 Å². The Balaban J connectivity index is 1.46. The summed E-state index contributed by atoms with van der Waals surface area (Å²) >= 11 is 1.93. The lowest BCUT2D eigenvalue weighted by atomic mass is 10.0. The van der Waals surface area contributed by atoms with E-state index in [2.05, 4.69) is 22.9 Å². The highest BCUT2D eigenvalue weighted by Crippen LogP contribution is 2.33. The zero-order valence-electron chi connectivity index (χ0n) is 13.9. The molecule has 3 atom stereocenters. The van der Waals surface area contributed by atoms with Crippen LogP contribution in [-0.4, -0.2) is 54.8 Å². The van der Waals surface area contributed by atoms with Crippen molar-refractivity contribution in [1.82, 2.24) is 16.0 Å². The zero-order valence-corrected chi connectivity index (χ0v) is 14.8. The second kappa shape index (κ2) is 10.0. The van der Waals surface area contributed by atoms with Crippen molar-refractivity contribution in [2.45, 2.75) is 62.8 Å². The third kappa shape index (κ3) is 6.22. The highest BCUT2D eigenvalue weighted by atomic mass is 32.2. The van der Waals surface area contributed by atoms with Crippen LogP contribution in [0.2, 0.25) is 0 Å². The number of ether oxygens (including phenoxy) is 1. The third-order valence-corrected chi connectivity index (χ3v) is 5.73. The molecule has 0 aromatic rings. The normalized spacial score (nSPS) is 25.8. The van der Waals surface area contributed by atoms with Crippen LogP contribution in [0.5, 0.6) is 0 Å². The summed E-state index contributed by atoms with van der Waals surface area (Å²) in [4.78, 5) is 23.0. The lowest BCUT2D eigenvalue weighted by Gasteiger charge is -2.16. The molecule has 0 saturated carbocycles. The molecule has 3 N–H and O–H groups in total. The number of hydrogen-bond donors (Lipinski definition) is 3. The largest absolute Gasteiger partial charge is 0.381 e. The molecule has 23 heavy (non-hydrogen) atoms. The Hall–Kier alpha value is -0.950. The minimum absolute atomic E-state index is 0.0346. The van der Waals surface area contributed by atoms with Crippen molar-refractivity contribution in [2.24, 2.45) is 0 Å². The van der Waals surface area contributed by atoms with Gasteiger partial charge in [0, 0.05) is 37.2 Å². The smallest absolute Gasteiger partial charge is 0.315 e. The van der Waals surface area contributed by atoms with E-state index in [1.807, 2.05) is 11.8 Å². The first-order valence-corrected chi connectivity index (χ1v) is 9.78. The van der Waals surface area contributed by atoms with E-state index in [1.165, 1.54) is 0 Å². The van der Waals surface area contributed by atoms with Crippen LogP contribution in [0.4, 0.5) is 4.79 Å². The van der Waals surface area contributed by atoms with Gasteiger partial charge < -0.3 is 20.7 Å². The van der Waals surface area contributed by atoms with Crippen LogP contribution in [0.1, 0.15) is 45.4 Å². The molecule has 2 aliphatic rings. The first-order valence-electron chi connectivity index (χ1n) is 8.73. The Kier molecular flexibility index (Phi) is 8.02. The van der Waals surface area contributed by atoms with Gasteiger partial charge in [-0.05, 0) is 25.7 Å². The second-order valence-electron chi connectivity index (χ2n) is 6.18. The summed E-state index contributed by atoms with van der Waals surface area (Å²) in [6, 6.07) is 0.521. The molecule has 132 valence electrons. The predicted molar refractivity (Wildman–Crippen MR) is 92.7 cm³/mol. The van der Waals surface area contributed by atoms with Crippen molar-refractivity contribution in [3.63, 3.8) is 0 Å². The van der Waals surface area contributed by atoms with Gasteiger partial charge in [-0.3, -0.25) is 4.79 Å². The Labute approximate surface area is 142 Å². The fourth-order valence-electron chi connectivity index (χ4n) is 3.01. The minimum Gasteiger partial charge on any atom is -0.381 e. The van der Waals surface area contributed by atoms with Crippen LogP contribution < -0.4 is 16.0 Å². The molecule has 0 unspecified atom stereocenters. The maximum absolute atomic E-state index is 11.7. The average Bonchev–Trinajstić information content (AvgIpc) is 3.07. The Morgan fingerprint density at radius 2 is 2.17 bits per heavy atom. The molecule has 0 radical (unpaired) electrons. The molecule has 0 aromatic heterocycles. The maximum Gasteiger partial charge on any atom is 0.315 e. The van der Waals surface area contributed by atoms with Crippen LogP contribution in [0.3, 0.4) is 0 Å². The molecular weight excluding hydrogens is 314 g/mol. The maximum atomic E-state index is 11.7. The van der Waals surface area contributed by atoms with Crippen LogP contribution in [0.25, 0.3) is 0 Å². The van der Waals surface area contributed by atoms with Crippen LogP contribution in [-0.2, 0) is 9.53 Å². The molecule has 2 heterocycles. The van der Waals surface area contributed by atoms with Crippen molar-refractivity contribution in [2.75, 3.05) is 25.5 Å². The van der Waals surface area contributed by atoms with Crippen LogP contribution >= 0.6 is 11.8 Å². The van der Waals surface area contributed by atoms with Gasteiger partial charge in [0.1, 0.15) is 0 Å². The van der Waals surface area contributed by atoms with E-state index in [0.29, 0.717) is 18.2 Å². The van der Waals surface area contributed by atoms with E-state index in [4.69, 9.17) is 4.74 Å². The topological polar surface area (TPSA) is 79.5 Å². The lowest BCUT2D eigenvalue weighted by Crippen LogP contribution is -2.36. The van der Waals surface area contributed by atoms with Gasteiger partial charge >= 0.3 is 6.03 Å². The highest BCUT2D eigenvalue weighted by molar-refractivity contribution is 8.00. The molecule has 0 bridgehead atoms. The number of hydrogen-bond acceptors (Lipinski definition) is 4. The Bertz CT molecular complexity index is 395. The van der Waals surface area contributed by atoms with Crippen molar-refractivity contribution < 1.29 is 14.3 Å². The number of unbranched alkanes of at least 4 members (excludes halogenated alkanes) is 1. The third-order valence-electron chi connectivity index (χ3n) is 4.22. The van der Waals surface area contributed by atoms with Gasteiger partial charge in [-0.15, -0.1) is 0 Å². The molecule has 0 aliphatic carbocycles. The fourth-order valence-corrected chi connectivity index (χ4v) is 4.55. The number of thioether (sulfide) groups is 1. The van der Waals surface area contributed by atoms with E-state index >= 15 is 0 Å². The van der Waals surface area contributed by atoms with E-state index in [0.717, 1.165) is 51.1 Å². The summed E-state index contributed by atoms with van der Waals surface area (Å²) in [6.45, 7) is 4.30. The van der Waals surface area contributed by atoms with E-state index < -0.39 is 0 Å². The number of rotatable bonds is 11. The molecule has 0 aromatic carbocycles. The Morgan fingerprint density at radius 1 is 1.30 bits per heavy atom. The van der Waals surface area contributed by atoms with Gasteiger partial charge in [-0.25, -0.2) is 4.79 Å². The van der Waals surface area contributed by atoms with Crippen molar-refractivity contribution in [3.8, 4) is 0 Å². The van der Waals surface area contributed by atoms with Crippen LogP contribution in [0.15, 0.2) is 0 Å². The van der Waals surface area contributed by atoms with Gasteiger partial charge in [0.25, 0.3) is 0 Å². The molecule has 2 saturated heterocycles. The van der Waals surface area contributed by atoms with Crippen molar-refractivity contribution in [1.29, 1.82) is 0 Å². The van der Waals surface area contributed by atoms with Crippen molar-refractivity contribution >= 4 is 23.7 Å². The standard InChI is InChI=1S/C16H29N3O3S/c1-2-9-22-10-5-8-17-14(20)7-4-3-6-13-15-12(11-23-13)18-16(21)19-15/h12-13,15H,2-11H2,1H3,(H,17,20)(H2,18,19,21)/t12-,13-,15-/m0/s1. The Morgan fingerprint density at radius 3 is 3.00 bits per heavy atom.